The highest BCUT2D eigenvalue weighted by Gasteiger charge is 2.22. The number of esters is 1. The van der Waals surface area contributed by atoms with Crippen molar-refractivity contribution in [2.45, 2.75) is 6.92 Å². The Kier molecular flexibility index (Phi) is 4.21. The first-order chi connectivity index (χ1) is 10.8. The highest BCUT2D eigenvalue weighted by atomic mass is 16.5. The monoisotopic (exact) mass is 321 g/mol. The number of hydrogen-bond acceptors (Lipinski definition) is 7. The molecule has 0 aliphatic carbocycles. The molecular weight excluding hydrogens is 306 g/mol. The minimum Gasteiger partial charge on any atom is -0.469 e. The Morgan fingerprint density at radius 2 is 1.91 bits per heavy atom. The van der Waals surface area contributed by atoms with E-state index in [4.69, 9.17) is 14.9 Å². The Balaban J connectivity index is 2.26. The van der Waals surface area contributed by atoms with Gasteiger partial charge in [-0.15, -0.1) is 0 Å². The van der Waals surface area contributed by atoms with Gasteiger partial charge in [0.15, 0.2) is 6.61 Å². The second-order valence-corrected chi connectivity index (χ2v) is 4.86. The molecule has 0 aromatic carbocycles. The van der Waals surface area contributed by atoms with E-state index in [-0.39, 0.29) is 11.4 Å². The average molecular weight is 321 g/mol. The van der Waals surface area contributed by atoms with Gasteiger partial charge >= 0.3 is 11.7 Å². The summed E-state index contributed by atoms with van der Waals surface area (Å²) in [4.78, 5) is 47.7. The summed E-state index contributed by atoms with van der Waals surface area (Å²) in [7, 11) is 2.55. The number of ether oxygens (including phenoxy) is 1. The Labute approximate surface area is 129 Å². The van der Waals surface area contributed by atoms with Crippen molar-refractivity contribution in [3.05, 3.63) is 50.1 Å². The van der Waals surface area contributed by atoms with E-state index in [1.54, 1.807) is 6.92 Å². The number of Topliss-reactive ketones (excluding diaryl/α,β-unsaturated/α-hetero) is 1. The lowest BCUT2D eigenvalue weighted by atomic mass is 10.2. The van der Waals surface area contributed by atoms with Crippen molar-refractivity contribution in [3.63, 3.8) is 0 Å². The van der Waals surface area contributed by atoms with E-state index in [1.807, 2.05) is 0 Å². The fraction of sp³-hybridized carbons (Fsp3) is 0.286. The maximum atomic E-state index is 12.2. The molecule has 2 aromatic heterocycles. The zero-order valence-corrected chi connectivity index (χ0v) is 12.8. The molecule has 0 atom stereocenters. The molecule has 0 saturated carbocycles. The first kappa shape index (κ1) is 16.3. The van der Waals surface area contributed by atoms with Crippen LogP contribution < -0.4 is 17.0 Å². The van der Waals surface area contributed by atoms with E-state index >= 15 is 0 Å². The average Bonchev–Trinajstić information content (AvgIpc) is 2.95. The number of hydrogen-bond donors (Lipinski definition) is 1. The Morgan fingerprint density at radius 3 is 2.48 bits per heavy atom. The minimum absolute atomic E-state index is 0.180. The molecule has 0 saturated heterocycles. The fourth-order valence-corrected chi connectivity index (χ4v) is 2.00. The van der Waals surface area contributed by atoms with Crippen molar-refractivity contribution in [3.8, 4) is 0 Å². The molecular formula is C14H15N3O6. The van der Waals surface area contributed by atoms with Crippen LogP contribution in [0.1, 0.15) is 26.5 Å². The fourth-order valence-electron chi connectivity index (χ4n) is 2.00. The van der Waals surface area contributed by atoms with Crippen LogP contribution in [0.3, 0.4) is 0 Å². The molecule has 9 heteroatoms. The lowest BCUT2D eigenvalue weighted by Crippen LogP contribution is -2.42. The minimum atomic E-state index is -0.842. The number of aryl methyl sites for hydroxylation is 1. The van der Waals surface area contributed by atoms with Gasteiger partial charge in [-0.25, -0.2) is 9.59 Å². The molecule has 0 spiro atoms. The summed E-state index contributed by atoms with van der Waals surface area (Å²) in [5, 5.41) is 0. The third-order valence-electron chi connectivity index (χ3n) is 3.40. The van der Waals surface area contributed by atoms with Gasteiger partial charge in [-0.05, 0) is 13.0 Å². The third-order valence-corrected chi connectivity index (χ3v) is 3.40. The molecule has 0 bridgehead atoms. The Bertz CT molecular complexity index is 902. The molecule has 122 valence electrons. The van der Waals surface area contributed by atoms with Crippen LogP contribution in [0.4, 0.5) is 5.82 Å². The van der Waals surface area contributed by atoms with Gasteiger partial charge in [-0.3, -0.25) is 18.7 Å². The van der Waals surface area contributed by atoms with Gasteiger partial charge in [0.05, 0.1) is 6.26 Å². The molecule has 2 heterocycles. The van der Waals surface area contributed by atoms with Crippen molar-refractivity contribution in [1.82, 2.24) is 9.13 Å². The van der Waals surface area contributed by atoms with E-state index in [2.05, 4.69) is 0 Å². The van der Waals surface area contributed by atoms with Gasteiger partial charge in [0, 0.05) is 14.1 Å². The van der Waals surface area contributed by atoms with Gasteiger partial charge in [0.25, 0.3) is 5.56 Å². The second kappa shape index (κ2) is 5.95. The highest BCUT2D eigenvalue weighted by Crippen LogP contribution is 2.11. The quantitative estimate of drug-likeness (QED) is 0.600. The summed E-state index contributed by atoms with van der Waals surface area (Å²) in [6.07, 6.45) is 1.31. The number of ketones is 1. The summed E-state index contributed by atoms with van der Waals surface area (Å²) < 4.78 is 11.6. The first-order valence-electron chi connectivity index (χ1n) is 6.55. The number of anilines is 1. The lowest BCUT2D eigenvalue weighted by molar-refractivity contribution is 0.0472. The number of nitrogens with two attached hydrogens (primary N) is 1. The van der Waals surface area contributed by atoms with E-state index in [0.29, 0.717) is 5.76 Å². The maximum absolute atomic E-state index is 12.2. The van der Waals surface area contributed by atoms with Crippen LogP contribution in [0.5, 0.6) is 0 Å². The van der Waals surface area contributed by atoms with Crippen molar-refractivity contribution >= 4 is 17.6 Å². The Hall–Kier alpha value is -3.10. The van der Waals surface area contributed by atoms with E-state index < -0.39 is 35.2 Å². The van der Waals surface area contributed by atoms with Crippen molar-refractivity contribution in [2.75, 3.05) is 12.3 Å². The molecule has 0 amide bonds. The van der Waals surface area contributed by atoms with Crippen LogP contribution >= 0.6 is 0 Å². The van der Waals surface area contributed by atoms with Gasteiger partial charge in [0.2, 0.25) is 5.78 Å². The maximum Gasteiger partial charge on any atom is 0.342 e. The number of carbonyl (C=O) groups excluding carboxylic acids is 2. The van der Waals surface area contributed by atoms with E-state index in [9.17, 15) is 19.2 Å². The van der Waals surface area contributed by atoms with Crippen molar-refractivity contribution in [2.24, 2.45) is 14.1 Å². The highest BCUT2D eigenvalue weighted by molar-refractivity contribution is 6.02. The largest absolute Gasteiger partial charge is 0.469 e. The summed E-state index contributed by atoms with van der Waals surface area (Å²) >= 11 is 0. The molecule has 2 rings (SSSR count). The van der Waals surface area contributed by atoms with Crippen LogP contribution in [0.15, 0.2) is 26.3 Å². The van der Waals surface area contributed by atoms with Gasteiger partial charge in [-0.1, -0.05) is 0 Å². The molecule has 0 radical (unpaired) electrons. The molecule has 0 unspecified atom stereocenters. The summed E-state index contributed by atoms with van der Waals surface area (Å²) in [5.41, 5.74) is 3.94. The molecule has 23 heavy (non-hydrogen) atoms. The molecule has 2 N–H and O–H groups in total. The van der Waals surface area contributed by atoms with Crippen LogP contribution in [0, 0.1) is 6.92 Å². The first-order valence-corrected chi connectivity index (χ1v) is 6.55. The van der Waals surface area contributed by atoms with Crippen molar-refractivity contribution < 1.29 is 18.7 Å². The van der Waals surface area contributed by atoms with Gasteiger partial charge in [-0.2, -0.15) is 0 Å². The number of rotatable bonds is 4. The summed E-state index contributed by atoms with van der Waals surface area (Å²) in [6, 6.07) is 1.40. The van der Waals surface area contributed by atoms with Crippen LogP contribution in [-0.2, 0) is 18.8 Å². The van der Waals surface area contributed by atoms with Crippen molar-refractivity contribution in [1.29, 1.82) is 0 Å². The number of furan rings is 1. The molecule has 2 aromatic rings. The van der Waals surface area contributed by atoms with E-state index in [1.165, 1.54) is 26.4 Å². The SMILES string of the molecule is Cc1occc1C(=O)OCC(=O)c1c(N)n(C)c(=O)n(C)c1=O. The number of aromatic nitrogens is 2. The normalized spacial score (nSPS) is 10.6. The standard InChI is InChI=1S/C14H15N3O6/c1-7-8(4-5-22-7)13(20)23-6-9(18)10-11(15)16(2)14(21)17(3)12(10)19/h4-5H,6,15H2,1-3H3. The zero-order valence-electron chi connectivity index (χ0n) is 12.8. The topological polar surface area (TPSA) is 127 Å². The molecule has 0 aliphatic rings. The van der Waals surface area contributed by atoms with Gasteiger partial charge < -0.3 is 14.9 Å². The molecule has 0 aliphatic heterocycles. The number of nitrogens with zero attached hydrogens (tertiary/aromatic N) is 2. The second-order valence-electron chi connectivity index (χ2n) is 4.86. The summed E-state index contributed by atoms with van der Waals surface area (Å²) in [6.45, 7) is 0.889. The predicted molar refractivity (Wildman–Crippen MR) is 79.4 cm³/mol. The number of carbonyl (C=O) groups is 2. The lowest BCUT2D eigenvalue weighted by Gasteiger charge is -2.10. The Morgan fingerprint density at radius 1 is 1.26 bits per heavy atom. The van der Waals surface area contributed by atoms with Crippen LogP contribution in [-0.4, -0.2) is 27.5 Å². The predicted octanol–water partition coefficient (Wildman–Crippen LogP) is -0.393. The third kappa shape index (κ3) is 2.80. The van der Waals surface area contributed by atoms with Crippen LogP contribution in [0.25, 0.3) is 0 Å². The van der Waals surface area contributed by atoms with Crippen LogP contribution in [0.2, 0.25) is 0 Å². The summed E-state index contributed by atoms with van der Waals surface area (Å²) in [5.74, 6) is -1.49. The zero-order chi connectivity index (χ0) is 17.3. The smallest absolute Gasteiger partial charge is 0.342 e. The number of nitrogen functional groups attached to an aromatic ring is 1. The van der Waals surface area contributed by atoms with E-state index in [0.717, 1.165) is 9.13 Å². The van der Waals surface area contributed by atoms with Gasteiger partial charge in [0.1, 0.15) is 22.7 Å². The molecule has 0 fully saturated rings. The molecule has 9 nitrogen and oxygen atoms in total.